The monoisotopic (exact) mass is 593 g/mol. The highest BCUT2D eigenvalue weighted by Crippen LogP contribution is 2.30. The van der Waals surface area contributed by atoms with Crippen LogP contribution in [-0.2, 0) is 14.3 Å². The highest BCUT2D eigenvalue weighted by atomic mass is 127. The van der Waals surface area contributed by atoms with Crippen molar-refractivity contribution in [2.75, 3.05) is 58.5 Å². The molecule has 2 fully saturated rings. The molecule has 0 bridgehead atoms. The number of carbonyl (C=O) groups excluding carboxylic acids is 3. The first-order valence-electron chi connectivity index (χ1n) is 11.4. The second-order valence-corrected chi connectivity index (χ2v) is 9.53. The lowest BCUT2D eigenvalue weighted by atomic mass is 10.1. The molecule has 2 saturated heterocycles. The predicted octanol–water partition coefficient (Wildman–Crippen LogP) is 2.41. The Labute approximate surface area is 218 Å². The molecule has 186 valence electrons. The van der Waals surface area contributed by atoms with E-state index in [1.54, 1.807) is 30.3 Å². The summed E-state index contributed by atoms with van der Waals surface area (Å²) in [6.45, 7) is 3.65. The van der Waals surface area contributed by atoms with Gasteiger partial charge in [-0.2, -0.15) is 0 Å². The molecule has 2 aliphatic heterocycles. The Morgan fingerprint density at radius 2 is 1.74 bits per heavy atom. The van der Waals surface area contributed by atoms with Crippen molar-refractivity contribution in [2.24, 2.45) is 0 Å². The standard InChI is InChI=1S/C25H28IN3O6/c1-33-21-8-3-17(15-22(21)34-2)24(31)28(10-9-27-11-13-35-14-12-27)20-16-23(30)29(25(20)32)19-6-4-18(26)5-7-19/h3-8,15,20H,9-14,16H2,1-2H3. The van der Waals surface area contributed by atoms with Crippen molar-refractivity contribution in [1.29, 1.82) is 0 Å². The van der Waals surface area contributed by atoms with Gasteiger partial charge in [-0.3, -0.25) is 19.3 Å². The van der Waals surface area contributed by atoms with Gasteiger partial charge >= 0.3 is 0 Å². The number of amides is 3. The molecule has 10 heteroatoms. The number of ether oxygens (including phenoxy) is 3. The lowest BCUT2D eigenvalue weighted by Crippen LogP contribution is -2.49. The van der Waals surface area contributed by atoms with E-state index in [9.17, 15) is 14.4 Å². The highest BCUT2D eigenvalue weighted by molar-refractivity contribution is 14.1. The number of hydrogen-bond acceptors (Lipinski definition) is 7. The van der Waals surface area contributed by atoms with Gasteiger partial charge in [-0.25, -0.2) is 4.90 Å². The minimum atomic E-state index is -0.886. The molecule has 0 spiro atoms. The molecule has 0 radical (unpaired) electrons. The minimum Gasteiger partial charge on any atom is -0.493 e. The van der Waals surface area contributed by atoms with Gasteiger partial charge in [-0.05, 0) is 65.1 Å². The van der Waals surface area contributed by atoms with Gasteiger partial charge in [0.25, 0.3) is 11.8 Å². The molecule has 2 aromatic rings. The normalized spacial score (nSPS) is 18.6. The van der Waals surface area contributed by atoms with Gasteiger partial charge in [0.05, 0.1) is 39.5 Å². The summed E-state index contributed by atoms with van der Waals surface area (Å²) >= 11 is 2.17. The number of morpholine rings is 1. The van der Waals surface area contributed by atoms with Crippen molar-refractivity contribution in [3.8, 4) is 11.5 Å². The van der Waals surface area contributed by atoms with Crippen molar-refractivity contribution < 1.29 is 28.6 Å². The van der Waals surface area contributed by atoms with Crippen LogP contribution in [0.1, 0.15) is 16.8 Å². The zero-order valence-corrected chi connectivity index (χ0v) is 21.9. The second kappa shape index (κ2) is 11.4. The van der Waals surface area contributed by atoms with E-state index in [-0.39, 0.29) is 18.2 Å². The SMILES string of the molecule is COc1ccc(C(=O)N(CCN2CCOCC2)C2CC(=O)N(c3ccc(I)cc3)C2=O)cc1OC. The zero-order valence-electron chi connectivity index (χ0n) is 19.7. The summed E-state index contributed by atoms with van der Waals surface area (Å²) in [5.74, 6) is -0.138. The van der Waals surface area contributed by atoms with Crippen LogP contribution in [0.25, 0.3) is 0 Å². The van der Waals surface area contributed by atoms with E-state index in [2.05, 4.69) is 27.5 Å². The summed E-state index contributed by atoms with van der Waals surface area (Å²) in [5, 5.41) is 0. The van der Waals surface area contributed by atoms with Gasteiger partial charge in [0.1, 0.15) is 6.04 Å². The predicted molar refractivity (Wildman–Crippen MR) is 138 cm³/mol. The van der Waals surface area contributed by atoms with Crippen LogP contribution in [0.5, 0.6) is 11.5 Å². The van der Waals surface area contributed by atoms with Crippen LogP contribution in [0.4, 0.5) is 5.69 Å². The maximum atomic E-state index is 13.7. The number of rotatable bonds is 8. The Kier molecular flexibility index (Phi) is 8.24. The largest absolute Gasteiger partial charge is 0.493 e. The minimum absolute atomic E-state index is 0.0625. The molecular formula is C25H28IN3O6. The number of benzene rings is 2. The Balaban J connectivity index is 1.62. The quantitative estimate of drug-likeness (QED) is 0.343. The number of imide groups is 1. The molecule has 3 amide bonds. The van der Waals surface area contributed by atoms with E-state index in [4.69, 9.17) is 14.2 Å². The Morgan fingerprint density at radius 1 is 1.06 bits per heavy atom. The summed E-state index contributed by atoms with van der Waals surface area (Å²) in [6, 6.07) is 11.2. The lowest BCUT2D eigenvalue weighted by Gasteiger charge is -2.32. The number of anilines is 1. The number of carbonyl (C=O) groups is 3. The van der Waals surface area contributed by atoms with Crippen LogP contribution in [0.3, 0.4) is 0 Å². The molecule has 0 saturated carbocycles. The smallest absolute Gasteiger partial charge is 0.257 e. The molecule has 4 rings (SSSR count). The fourth-order valence-electron chi connectivity index (χ4n) is 4.33. The van der Waals surface area contributed by atoms with Gasteiger partial charge in [0.2, 0.25) is 5.91 Å². The molecule has 1 atom stereocenters. The topological polar surface area (TPSA) is 88.6 Å². The zero-order chi connectivity index (χ0) is 24.9. The Hall–Kier alpha value is -2.70. The van der Waals surface area contributed by atoms with E-state index in [1.807, 2.05) is 12.1 Å². The molecule has 2 aliphatic rings. The molecule has 0 N–H and O–H groups in total. The number of nitrogens with zero attached hydrogens (tertiary/aromatic N) is 3. The number of methoxy groups -OCH3 is 2. The highest BCUT2D eigenvalue weighted by Gasteiger charge is 2.44. The van der Waals surface area contributed by atoms with E-state index in [1.165, 1.54) is 24.0 Å². The summed E-state index contributed by atoms with van der Waals surface area (Å²) < 4.78 is 17.1. The maximum absolute atomic E-state index is 13.7. The maximum Gasteiger partial charge on any atom is 0.257 e. The van der Waals surface area contributed by atoms with Gasteiger partial charge in [0, 0.05) is 35.3 Å². The molecule has 1 unspecified atom stereocenters. The molecule has 35 heavy (non-hydrogen) atoms. The fraction of sp³-hybridized carbons (Fsp3) is 0.400. The second-order valence-electron chi connectivity index (χ2n) is 8.29. The van der Waals surface area contributed by atoms with Gasteiger partial charge in [0.15, 0.2) is 11.5 Å². The van der Waals surface area contributed by atoms with E-state index in [0.717, 1.165) is 16.7 Å². The Bertz CT molecular complexity index is 1090. The van der Waals surface area contributed by atoms with Crippen LogP contribution in [0.2, 0.25) is 0 Å². The number of halogens is 1. The lowest BCUT2D eigenvalue weighted by molar-refractivity contribution is -0.122. The first kappa shape index (κ1) is 25.4. The van der Waals surface area contributed by atoms with E-state index < -0.39 is 11.9 Å². The van der Waals surface area contributed by atoms with Gasteiger partial charge in [-0.15, -0.1) is 0 Å². The van der Waals surface area contributed by atoms with Crippen LogP contribution < -0.4 is 14.4 Å². The van der Waals surface area contributed by atoms with Gasteiger partial charge < -0.3 is 19.1 Å². The first-order valence-corrected chi connectivity index (χ1v) is 12.5. The average molecular weight is 593 g/mol. The third kappa shape index (κ3) is 5.60. The van der Waals surface area contributed by atoms with Crippen LogP contribution in [0.15, 0.2) is 42.5 Å². The van der Waals surface area contributed by atoms with Crippen molar-refractivity contribution in [3.05, 3.63) is 51.6 Å². The molecule has 2 heterocycles. The van der Waals surface area contributed by atoms with E-state index in [0.29, 0.717) is 49.1 Å². The Morgan fingerprint density at radius 3 is 2.40 bits per heavy atom. The van der Waals surface area contributed by atoms with Gasteiger partial charge in [-0.1, -0.05) is 0 Å². The van der Waals surface area contributed by atoms with Crippen LogP contribution in [0, 0.1) is 3.57 Å². The molecule has 2 aromatic carbocycles. The average Bonchev–Trinajstić information content (AvgIpc) is 3.18. The first-order chi connectivity index (χ1) is 16.9. The summed E-state index contributed by atoms with van der Waals surface area (Å²) in [5.41, 5.74) is 0.868. The third-order valence-corrected chi connectivity index (χ3v) is 6.96. The van der Waals surface area contributed by atoms with Crippen molar-refractivity contribution in [3.63, 3.8) is 0 Å². The summed E-state index contributed by atoms with van der Waals surface area (Å²) in [7, 11) is 3.02. The van der Waals surface area contributed by atoms with Crippen molar-refractivity contribution in [2.45, 2.75) is 12.5 Å². The third-order valence-electron chi connectivity index (χ3n) is 6.24. The molecular weight excluding hydrogens is 565 g/mol. The molecule has 0 aliphatic carbocycles. The van der Waals surface area contributed by atoms with Crippen LogP contribution >= 0.6 is 22.6 Å². The summed E-state index contributed by atoms with van der Waals surface area (Å²) in [4.78, 5) is 45.0. The molecule has 9 nitrogen and oxygen atoms in total. The fourth-order valence-corrected chi connectivity index (χ4v) is 4.69. The number of hydrogen-bond donors (Lipinski definition) is 0. The summed E-state index contributed by atoms with van der Waals surface area (Å²) in [6.07, 6.45) is -0.0625. The van der Waals surface area contributed by atoms with Crippen molar-refractivity contribution in [1.82, 2.24) is 9.80 Å². The van der Waals surface area contributed by atoms with Crippen LogP contribution in [-0.4, -0.2) is 87.2 Å². The van der Waals surface area contributed by atoms with Crippen molar-refractivity contribution >= 4 is 46.0 Å². The molecule has 0 aromatic heterocycles. The van der Waals surface area contributed by atoms with E-state index >= 15 is 0 Å².